The van der Waals surface area contributed by atoms with Crippen LogP contribution < -0.4 is 0 Å². The zero-order valence-electron chi connectivity index (χ0n) is 15.2. The predicted octanol–water partition coefficient (Wildman–Crippen LogP) is 5.39. The molecule has 4 heteroatoms. The Bertz CT molecular complexity index is 1090. The average molecular weight is 362 g/mol. The van der Waals surface area contributed by atoms with Crippen molar-refractivity contribution in [2.75, 3.05) is 0 Å². The summed E-state index contributed by atoms with van der Waals surface area (Å²) in [6.07, 6.45) is 3.67. The molecule has 0 aliphatic heterocycles. The van der Waals surface area contributed by atoms with Crippen molar-refractivity contribution in [2.45, 2.75) is 0 Å². The van der Waals surface area contributed by atoms with Gasteiger partial charge in [-0.25, -0.2) is 9.36 Å². The summed E-state index contributed by atoms with van der Waals surface area (Å²) in [5, 5.41) is 8.98. The van der Waals surface area contributed by atoms with Crippen LogP contribution in [0.1, 0.15) is 0 Å². The Morgan fingerprint density at radius 1 is 0.429 bits per heavy atom. The lowest BCUT2D eigenvalue weighted by Crippen LogP contribution is -1.99. The van der Waals surface area contributed by atoms with Gasteiger partial charge in [-0.1, -0.05) is 60.7 Å². The number of hydrogen-bond acceptors (Lipinski definition) is 2. The highest BCUT2D eigenvalue weighted by Crippen LogP contribution is 2.27. The molecule has 0 unspecified atom stereocenters. The maximum Gasteiger partial charge on any atom is 0.0740 e. The zero-order valence-corrected chi connectivity index (χ0v) is 15.2. The fraction of sp³-hybridized carbons (Fsp3) is 0. The van der Waals surface area contributed by atoms with Crippen LogP contribution in [0.2, 0.25) is 0 Å². The van der Waals surface area contributed by atoms with Crippen LogP contribution in [0, 0.1) is 0 Å². The lowest BCUT2D eigenvalue weighted by molar-refractivity contribution is 0.886. The predicted molar refractivity (Wildman–Crippen MR) is 112 cm³/mol. The first-order valence-electron chi connectivity index (χ1n) is 9.20. The first kappa shape index (κ1) is 16.3. The largest absolute Gasteiger partial charge is 0.233 e. The van der Waals surface area contributed by atoms with Gasteiger partial charge in [0.25, 0.3) is 0 Å². The van der Waals surface area contributed by atoms with Gasteiger partial charge >= 0.3 is 0 Å². The van der Waals surface area contributed by atoms with Gasteiger partial charge in [0.1, 0.15) is 0 Å². The van der Waals surface area contributed by atoms with E-state index >= 15 is 0 Å². The van der Waals surface area contributed by atoms with Crippen LogP contribution in [0.4, 0.5) is 0 Å². The number of rotatable bonds is 4. The molecule has 5 rings (SSSR count). The minimum Gasteiger partial charge on any atom is -0.233 e. The van der Waals surface area contributed by atoms with Gasteiger partial charge in [-0.15, -0.1) is 0 Å². The molecule has 0 N–H and O–H groups in total. The Kier molecular flexibility index (Phi) is 4.07. The summed E-state index contributed by atoms with van der Waals surface area (Å²) in [7, 11) is 0. The summed E-state index contributed by atoms with van der Waals surface area (Å²) in [4.78, 5) is 0. The van der Waals surface area contributed by atoms with E-state index in [0.29, 0.717) is 0 Å². The average Bonchev–Trinajstić information content (AvgIpc) is 3.45. The van der Waals surface area contributed by atoms with Crippen molar-refractivity contribution in [1.29, 1.82) is 0 Å². The molecule has 0 radical (unpaired) electrons. The Hall–Kier alpha value is -3.92. The molecule has 0 saturated heterocycles. The summed E-state index contributed by atoms with van der Waals surface area (Å²) in [6.45, 7) is 0. The van der Waals surface area contributed by atoms with Gasteiger partial charge in [0.2, 0.25) is 0 Å². The Morgan fingerprint density at radius 3 is 1.21 bits per heavy atom. The summed E-state index contributed by atoms with van der Waals surface area (Å²) in [5.74, 6) is 0. The molecule has 2 aromatic heterocycles. The van der Waals surface area contributed by atoms with Crippen LogP contribution in [0.3, 0.4) is 0 Å². The Balaban J connectivity index is 1.51. The molecule has 0 saturated carbocycles. The molecule has 3 aromatic carbocycles. The van der Waals surface area contributed by atoms with Gasteiger partial charge in [0, 0.05) is 11.1 Å². The van der Waals surface area contributed by atoms with Gasteiger partial charge in [0.15, 0.2) is 0 Å². The Labute approximate surface area is 163 Å². The number of para-hydroxylation sites is 2. The molecular formula is C24H18N4. The maximum atomic E-state index is 4.49. The normalized spacial score (nSPS) is 10.9. The SMILES string of the molecule is c1ccc(-n2nccc2-c2ccc(-c3ccnn3-c3ccccc3)cc2)cc1. The standard InChI is InChI=1S/C24H18N4/c1-3-7-21(8-4-1)27-23(15-17-25-27)19-11-13-20(14-12-19)24-16-18-26-28(24)22-9-5-2-6-10-22/h1-18H. The number of benzene rings is 3. The molecule has 0 atom stereocenters. The summed E-state index contributed by atoms with van der Waals surface area (Å²) < 4.78 is 3.92. The smallest absolute Gasteiger partial charge is 0.0740 e. The lowest BCUT2D eigenvalue weighted by atomic mass is 10.1. The number of hydrogen-bond donors (Lipinski definition) is 0. The Morgan fingerprint density at radius 2 is 0.821 bits per heavy atom. The van der Waals surface area contributed by atoms with Crippen molar-refractivity contribution in [3.8, 4) is 33.9 Å². The highest BCUT2D eigenvalue weighted by Gasteiger charge is 2.10. The molecule has 2 heterocycles. The molecule has 5 aromatic rings. The summed E-state index contributed by atoms with van der Waals surface area (Å²) in [6, 6.07) is 33.0. The molecule has 4 nitrogen and oxygen atoms in total. The van der Waals surface area contributed by atoms with E-state index in [2.05, 4.69) is 58.7 Å². The fourth-order valence-corrected chi connectivity index (χ4v) is 3.41. The third-order valence-electron chi connectivity index (χ3n) is 4.76. The fourth-order valence-electron chi connectivity index (χ4n) is 3.41. The molecule has 0 bridgehead atoms. The van der Waals surface area contributed by atoms with E-state index in [1.165, 1.54) is 0 Å². The van der Waals surface area contributed by atoms with E-state index in [1.807, 2.05) is 70.3 Å². The van der Waals surface area contributed by atoms with Crippen molar-refractivity contribution in [3.63, 3.8) is 0 Å². The lowest BCUT2D eigenvalue weighted by Gasteiger charge is -2.10. The van der Waals surface area contributed by atoms with E-state index in [4.69, 9.17) is 0 Å². The van der Waals surface area contributed by atoms with Crippen molar-refractivity contribution in [3.05, 3.63) is 109 Å². The second kappa shape index (κ2) is 7.00. The van der Waals surface area contributed by atoms with Crippen LogP contribution >= 0.6 is 0 Å². The third kappa shape index (κ3) is 2.91. The molecule has 0 spiro atoms. The topological polar surface area (TPSA) is 35.6 Å². The first-order chi connectivity index (χ1) is 13.9. The molecule has 0 aliphatic carbocycles. The molecular weight excluding hydrogens is 344 g/mol. The van der Waals surface area contributed by atoms with E-state index in [1.54, 1.807) is 0 Å². The van der Waals surface area contributed by atoms with Gasteiger partial charge in [-0.3, -0.25) is 0 Å². The van der Waals surface area contributed by atoms with Crippen LogP contribution in [0.5, 0.6) is 0 Å². The highest BCUT2D eigenvalue weighted by atomic mass is 15.3. The van der Waals surface area contributed by atoms with Crippen molar-refractivity contribution < 1.29 is 0 Å². The molecule has 28 heavy (non-hydrogen) atoms. The van der Waals surface area contributed by atoms with Gasteiger partial charge in [-0.05, 0) is 36.4 Å². The van der Waals surface area contributed by atoms with E-state index in [0.717, 1.165) is 33.9 Å². The maximum absolute atomic E-state index is 4.49. The number of aromatic nitrogens is 4. The molecule has 0 fully saturated rings. The number of nitrogens with zero attached hydrogens (tertiary/aromatic N) is 4. The van der Waals surface area contributed by atoms with Gasteiger partial charge in [-0.2, -0.15) is 10.2 Å². The molecule has 134 valence electrons. The second-order valence-corrected chi connectivity index (χ2v) is 6.50. The van der Waals surface area contributed by atoms with Crippen LogP contribution in [-0.2, 0) is 0 Å². The van der Waals surface area contributed by atoms with E-state index in [9.17, 15) is 0 Å². The van der Waals surface area contributed by atoms with Crippen LogP contribution in [0.15, 0.2) is 109 Å². The van der Waals surface area contributed by atoms with Gasteiger partial charge < -0.3 is 0 Å². The third-order valence-corrected chi connectivity index (χ3v) is 4.76. The highest BCUT2D eigenvalue weighted by molar-refractivity contribution is 5.69. The molecule has 0 amide bonds. The monoisotopic (exact) mass is 362 g/mol. The van der Waals surface area contributed by atoms with E-state index < -0.39 is 0 Å². The minimum absolute atomic E-state index is 1.05. The van der Waals surface area contributed by atoms with Gasteiger partial charge in [0.05, 0.1) is 35.2 Å². The zero-order chi connectivity index (χ0) is 18.8. The van der Waals surface area contributed by atoms with E-state index in [-0.39, 0.29) is 0 Å². The van der Waals surface area contributed by atoms with Crippen LogP contribution in [0.25, 0.3) is 33.9 Å². The van der Waals surface area contributed by atoms with Crippen LogP contribution in [-0.4, -0.2) is 19.6 Å². The quantitative estimate of drug-likeness (QED) is 0.429. The first-order valence-corrected chi connectivity index (χ1v) is 9.20. The van der Waals surface area contributed by atoms with Crippen molar-refractivity contribution in [2.24, 2.45) is 0 Å². The van der Waals surface area contributed by atoms with Crippen molar-refractivity contribution in [1.82, 2.24) is 19.6 Å². The summed E-state index contributed by atoms with van der Waals surface area (Å²) >= 11 is 0. The minimum atomic E-state index is 1.05. The second-order valence-electron chi connectivity index (χ2n) is 6.50. The van der Waals surface area contributed by atoms with Crippen molar-refractivity contribution >= 4 is 0 Å². The molecule has 0 aliphatic rings. The summed E-state index contributed by atoms with van der Waals surface area (Å²) in [5.41, 5.74) is 6.47.